The zero-order valence-electron chi connectivity index (χ0n) is 15.4. The fraction of sp³-hybridized carbons (Fsp3) is 0.333. The summed E-state index contributed by atoms with van der Waals surface area (Å²) in [5.74, 6) is -0.820. The van der Waals surface area contributed by atoms with Crippen LogP contribution in [0.5, 0.6) is 0 Å². The third-order valence-corrected chi connectivity index (χ3v) is 6.97. The van der Waals surface area contributed by atoms with Gasteiger partial charge in [-0.25, -0.2) is 13.1 Å². The molecule has 1 heterocycles. The van der Waals surface area contributed by atoms with Crippen molar-refractivity contribution in [3.05, 3.63) is 65.2 Å². The summed E-state index contributed by atoms with van der Waals surface area (Å²) in [5, 5.41) is 2.70. The van der Waals surface area contributed by atoms with Gasteiger partial charge in [0.1, 0.15) is 0 Å². The van der Waals surface area contributed by atoms with E-state index in [-0.39, 0.29) is 22.6 Å². The number of carbonyl (C=O) groups is 2. The summed E-state index contributed by atoms with van der Waals surface area (Å²) < 4.78 is 27.6. The number of hydrogen-bond acceptors (Lipinski definition) is 4. The summed E-state index contributed by atoms with van der Waals surface area (Å²) in [6.45, 7) is 0.541. The second kappa shape index (κ2) is 7.39. The van der Waals surface area contributed by atoms with Gasteiger partial charge in [0.2, 0.25) is 5.91 Å². The predicted octanol–water partition coefficient (Wildman–Crippen LogP) is 2.36. The standard InChI is InChI=1S/C21H22N2O4S/c24-20(17-7-6-16(12-17)14-4-2-1-3-5-14)23-28(26,27)18-9-8-15-10-11-22-21(25)19(15)13-18/h1-5,8-9,13,16-17H,6-7,10-12H2,(H,22,25)(H,23,24)/t16-,17-/m1/s1. The third-order valence-electron chi connectivity index (χ3n) is 5.63. The van der Waals surface area contributed by atoms with E-state index < -0.39 is 15.9 Å². The molecule has 7 heteroatoms. The van der Waals surface area contributed by atoms with E-state index in [0.717, 1.165) is 12.0 Å². The van der Waals surface area contributed by atoms with E-state index in [9.17, 15) is 18.0 Å². The normalized spacial score (nSPS) is 21.6. The van der Waals surface area contributed by atoms with Crippen molar-refractivity contribution in [2.24, 2.45) is 5.92 Å². The van der Waals surface area contributed by atoms with Crippen LogP contribution in [0.1, 0.15) is 46.7 Å². The Bertz CT molecular complexity index is 1020. The Balaban J connectivity index is 1.47. The Morgan fingerprint density at radius 2 is 1.86 bits per heavy atom. The second-order valence-electron chi connectivity index (χ2n) is 7.41. The molecule has 0 spiro atoms. The summed E-state index contributed by atoms with van der Waals surface area (Å²) in [7, 11) is -4.02. The lowest BCUT2D eigenvalue weighted by atomic mass is 9.96. The molecule has 0 radical (unpaired) electrons. The van der Waals surface area contributed by atoms with Gasteiger partial charge in [0.05, 0.1) is 4.90 Å². The zero-order valence-corrected chi connectivity index (χ0v) is 16.2. The predicted molar refractivity (Wildman–Crippen MR) is 104 cm³/mol. The highest BCUT2D eigenvalue weighted by Gasteiger charge is 2.33. The summed E-state index contributed by atoms with van der Waals surface area (Å²) in [6.07, 6.45) is 2.82. The fourth-order valence-electron chi connectivity index (χ4n) is 4.08. The number of rotatable bonds is 4. The number of nitrogens with one attached hydrogen (secondary N) is 2. The van der Waals surface area contributed by atoms with Gasteiger partial charge in [-0.15, -0.1) is 0 Å². The number of carbonyl (C=O) groups excluding carboxylic acids is 2. The fourth-order valence-corrected chi connectivity index (χ4v) is 5.15. The lowest BCUT2D eigenvalue weighted by molar-refractivity contribution is -0.123. The van der Waals surface area contributed by atoms with Crippen molar-refractivity contribution < 1.29 is 18.0 Å². The average Bonchev–Trinajstić information content (AvgIpc) is 3.19. The minimum Gasteiger partial charge on any atom is -0.352 e. The van der Waals surface area contributed by atoms with E-state index in [1.165, 1.54) is 17.7 Å². The molecular formula is C21H22N2O4S. The molecule has 28 heavy (non-hydrogen) atoms. The Hall–Kier alpha value is -2.67. The van der Waals surface area contributed by atoms with Crippen LogP contribution in [-0.2, 0) is 21.2 Å². The first-order valence-electron chi connectivity index (χ1n) is 9.47. The van der Waals surface area contributed by atoms with Crippen molar-refractivity contribution in [3.8, 4) is 0 Å². The first kappa shape index (κ1) is 18.7. The molecule has 2 aromatic rings. The van der Waals surface area contributed by atoms with E-state index in [4.69, 9.17) is 0 Å². The monoisotopic (exact) mass is 398 g/mol. The molecule has 2 amide bonds. The molecule has 0 saturated heterocycles. The number of amides is 2. The van der Waals surface area contributed by atoms with E-state index in [1.807, 2.05) is 30.3 Å². The highest BCUT2D eigenvalue weighted by molar-refractivity contribution is 7.90. The smallest absolute Gasteiger partial charge is 0.264 e. The van der Waals surface area contributed by atoms with Crippen LogP contribution in [0.2, 0.25) is 0 Å². The number of sulfonamides is 1. The summed E-state index contributed by atoms with van der Waals surface area (Å²) in [6, 6.07) is 14.4. The maximum absolute atomic E-state index is 12.7. The summed E-state index contributed by atoms with van der Waals surface area (Å²) in [5.41, 5.74) is 2.35. The maximum atomic E-state index is 12.7. The van der Waals surface area contributed by atoms with Crippen LogP contribution >= 0.6 is 0 Å². The molecule has 2 N–H and O–H groups in total. The van der Waals surface area contributed by atoms with Crippen molar-refractivity contribution in [1.82, 2.24) is 10.0 Å². The summed E-state index contributed by atoms with van der Waals surface area (Å²) >= 11 is 0. The first-order valence-corrected chi connectivity index (χ1v) is 10.9. The van der Waals surface area contributed by atoms with Crippen molar-refractivity contribution in [3.63, 3.8) is 0 Å². The maximum Gasteiger partial charge on any atom is 0.264 e. The molecule has 0 aromatic heterocycles. The lowest BCUT2D eigenvalue weighted by Gasteiger charge is -2.18. The van der Waals surface area contributed by atoms with E-state index in [2.05, 4.69) is 10.0 Å². The molecule has 1 aliphatic carbocycles. The van der Waals surface area contributed by atoms with Crippen molar-refractivity contribution in [2.45, 2.75) is 36.5 Å². The zero-order chi connectivity index (χ0) is 19.7. The number of benzene rings is 2. The number of fused-ring (bicyclic) bond motifs is 1. The minimum atomic E-state index is -4.02. The topological polar surface area (TPSA) is 92.3 Å². The van der Waals surface area contributed by atoms with Gasteiger partial charge < -0.3 is 5.32 Å². The molecule has 2 aromatic carbocycles. The van der Waals surface area contributed by atoms with Crippen molar-refractivity contribution in [1.29, 1.82) is 0 Å². The molecule has 146 valence electrons. The molecule has 0 unspecified atom stereocenters. The Labute approximate surface area is 164 Å². The average molecular weight is 398 g/mol. The highest BCUT2D eigenvalue weighted by atomic mass is 32.2. The van der Waals surface area contributed by atoms with Gasteiger partial charge in [0.25, 0.3) is 15.9 Å². The lowest BCUT2D eigenvalue weighted by Crippen LogP contribution is -2.36. The van der Waals surface area contributed by atoms with Crippen LogP contribution in [0, 0.1) is 5.92 Å². The molecule has 4 rings (SSSR count). The molecular weight excluding hydrogens is 376 g/mol. The quantitative estimate of drug-likeness (QED) is 0.827. The molecule has 2 atom stereocenters. The third kappa shape index (κ3) is 3.67. The van der Waals surface area contributed by atoms with Crippen molar-refractivity contribution in [2.75, 3.05) is 6.54 Å². The van der Waals surface area contributed by atoms with Gasteiger partial charge in [-0.05, 0) is 54.9 Å². The largest absolute Gasteiger partial charge is 0.352 e. The Kier molecular flexibility index (Phi) is 4.93. The van der Waals surface area contributed by atoms with Gasteiger partial charge in [0.15, 0.2) is 0 Å². The van der Waals surface area contributed by atoms with Gasteiger partial charge in [-0.2, -0.15) is 0 Å². The summed E-state index contributed by atoms with van der Waals surface area (Å²) in [4.78, 5) is 24.5. The number of hydrogen-bond donors (Lipinski definition) is 2. The SMILES string of the molecule is O=C1NCCc2ccc(S(=O)(=O)NC(=O)[C@@H]3CC[C@@H](c4ccccc4)C3)cc21. The molecule has 0 bridgehead atoms. The molecule has 1 aliphatic heterocycles. The molecule has 1 saturated carbocycles. The second-order valence-corrected chi connectivity index (χ2v) is 9.09. The van der Waals surface area contributed by atoms with E-state index in [1.54, 1.807) is 6.07 Å². The van der Waals surface area contributed by atoms with Crippen LogP contribution in [0.25, 0.3) is 0 Å². The first-order chi connectivity index (χ1) is 13.4. The van der Waals surface area contributed by atoms with Crippen LogP contribution in [0.15, 0.2) is 53.4 Å². The van der Waals surface area contributed by atoms with Gasteiger partial charge >= 0.3 is 0 Å². The minimum absolute atomic E-state index is 0.0609. The molecule has 6 nitrogen and oxygen atoms in total. The Morgan fingerprint density at radius 3 is 2.64 bits per heavy atom. The Morgan fingerprint density at radius 1 is 1.07 bits per heavy atom. The van der Waals surface area contributed by atoms with Crippen LogP contribution in [0.4, 0.5) is 0 Å². The molecule has 2 aliphatic rings. The van der Waals surface area contributed by atoms with Crippen LogP contribution < -0.4 is 10.0 Å². The van der Waals surface area contributed by atoms with Crippen LogP contribution in [-0.4, -0.2) is 26.8 Å². The molecule has 1 fully saturated rings. The van der Waals surface area contributed by atoms with Gasteiger partial charge in [-0.3, -0.25) is 9.59 Å². The van der Waals surface area contributed by atoms with Gasteiger partial charge in [-0.1, -0.05) is 36.4 Å². The van der Waals surface area contributed by atoms with E-state index >= 15 is 0 Å². The van der Waals surface area contributed by atoms with Crippen molar-refractivity contribution >= 4 is 21.8 Å². The van der Waals surface area contributed by atoms with E-state index in [0.29, 0.717) is 31.4 Å². The van der Waals surface area contributed by atoms with Gasteiger partial charge in [0, 0.05) is 18.0 Å². The van der Waals surface area contributed by atoms with Crippen LogP contribution in [0.3, 0.4) is 0 Å². The highest BCUT2D eigenvalue weighted by Crippen LogP contribution is 2.38.